The highest BCUT2D eigenvalue weighted by Crippen LogP contribution is 2.86. The van der Waals surface area contributed by atoms with Crippen LogP contribution in [0.1, 0.15) is 31.1 Å². The van der Waals surface area contributed by atoms with Gasteiger partial charge < -0.3 is 10.5 Å². The van der Waals surface area contributed by atoms with Crippen LogP contribution in [0.15, 0.2) is 18.3 Å². The molecule has 2 saturated carbocycles. The van der Waals surface area contributed by atoms with Crippen molar-refractivity contribution in [2.45, 2.75) is 37.4 Å². The fourth-order valence-electron chi connectivity index (χ4n) is 5.59. The average Bonchev–Trinajstić information content (AvgIpc) is 3.18. The van der Waals surface area contributed by atoms with E-state index in [4.69, 9.17) is 15.6 Å². The number of rotatable bonds is 4. The van der Waals surface area contributed by atoms with Gasteiger partial charge in [0.15, 0.2) is 0 Å². The van der Waals surface area contributed by atoms with E-state index in [1.54, 1.807) is 12.3 Å². The van der Waals surface area contributed by atoms with Crippen LogP contribution in [0.25, 0.3) is 11.3 Å². The molecule has 7 nitrogen and oxygen atoms in total. The lowest BCUT2D eigenvalue weighted by atomic mass is 10.0. The van der Waals surface area contributed by atoms with Gasteiger partial charge in [-0.1, -0.05) is 0 Å². The van der Waals surface area contributed by atoms with Gasteiger partial charge in [-0.15, -0.1) is 0 Å². The van der Waals surface area contributed by atoms with Gasteiger partial charge in [0.2, 0.25) is 0 Å². The first-order valence-electron chi connectivity index (χ1n) is 9.66. The molecule has 5 fully saturated rings. The number of fused-ring (bicyclic) bond motifs is 1. The van der Waals surface area contributed by atoms with Gasteiger partial charge in [0.25, 0.3) is 0 Å². The molecule has 0 amide bonds. The number of nitriles is 1. The lowest BCUT2D eigenvalue weighted by Crippen LogP contribution is -2.48. The molecule has 7 heteroatoms. The van der Waals surface area contributed by atoms with Crippen LogP contribution < -0.4 is 5.73 Å². The second-order valence-electron chi connectivity index (χ2n) is 8.62. The summed E-state index contributed by atoms with van der Waals surface area (Å²) in [7, 11) is 0. The standard InChI is InChI=1S/C20H22N6O/c1-10(2)26-16(4-15(24-26)12-3-11(5-21)19(22)23-6-12)20-14-7-25(13-8-27-9-13)18(20)17(14)20/h3-4,6,10,13-14,17-18H,7-9H2,1-2H3,(H2,22,23)/t14-,17-,18?,20-/m0/s1. The van der Waals surface area contributed by atoms with Crippen molar-refractivity contribution in [3.8, 4) is 17.3 Å². The lowest BCUT2D eigenvalue weighted by Gasteiger charge is -2.34. The molecule has 138 valence electrons. The van der Waals surface area contributed by atoms with Crippen LogP contribution in [0.4, 0.5) is 5.82 Å². The van der Waals surface area contributed by atoms with Gasteiger partial charge in [0.1, 0.15) is 11.9 Å². The zero-order valence-corrected chi connectivity index (χ0v) is 15.5. The quantitative estimate of drug-likeness (QED) is 0.887. The number of aromatic nitrogens is 3. The second kappa shape index (κ2) is 4.89. The minimum Gasteiger partial charge on any atom is -0.383 e. The zero-order valence-electron chi connectivity index (χ0n) is 15.5. The molecule has 2 N–H and O–H groups in total. The number of ether oxygens (including phenoxy) is 1. The molecule has 0 radical (unpaired) electrons. The topological polar surface area (TPSA) is 93.0 Å². The van der Waals surface area contributed by atoms with Crippen LogP contribution in [0, 0.1) is 23.2 Å². The molecule has 5 heterocycles. The van der Waals surface area contributed by atoms with E-state index in [0.717, 1.165) is 36.3 Å². The molecule has 1 unspecified atom stereocenters. The van der Waals surface area contributed by atoms with Gasteiger partial charge >= 0.3 is 0 Å². The average molecular weight is 362 g/mol. The number of nitrogens with two attached hydrogens (primary N) is 1. The Bertz CT molecular complexity index is 996. The maximum Gasteiger partial charge on any atom is 0.141 e. The minimum atomic E-state index is 0.268. The second-order valence-corrected chi connectivity index (χ2v) is 8.62. The number of nitrogen functional groups attached to an aromatic ring is 1. The van der Waals surface area contributed by atoms with E-state index in [9.17, 15) is 5.26 Å². The van der Waals surface area contributed by atoms with Crippen molar-refractivity contribution in [2.75, 3.05) is 25.5 Å². The maximum absolute atomic E-state index is 9.26. The van der Waals surface area contributed by atoms with Crippen molar-refractivity contribution in [3.63, 3.8) is 0 Å². The van der Waals surface area contributed by atoms with Crippen molar-refractivity contribution >= 4 is 5.82 Å². The summed E-state index contributed by atoms with van der Waals surface area (Å²) in [5, 5.41) is 14.2. The molecular weight excluding hydrogens is 340 g/mol. The Labute approximate surface area is 157 Å². The number of nitrogens with zero attached hydrogens (tertiary/aromatic N) is 5. The Morgan fingerprint density at radius 2 is 2.19 bits per heavy atom. The highest BCUT2D eigenvalue weighted by Gasteiger charge is 2.94. The van der Waals surface area contributed by atoms with Crippen LogP contribution in [0.2, 0.25) is 0 Å². The first-order valence-corrected chi connectivity index (χ1v) is 9.66. The molecule has 0 aromatic carbocycles. The van der Waals surface area contributed by atoms with Crippen molar-refractivity contribution < 1.29 is 4.74 Å². The molecule has 2 aromatic rings. The van der Waals surface area contributed by atoms with Crippen molar-refractivity contribution in [1.82, 2.24) is 19.7 Å². The van der Waals surface area contributed by atoms with Gasteiger partial charge in [-0.2, -0.15) is 10.4 Å². The predicted molar refractivity (Wildman–Crippen MR) is 98.7 cm³/mol. The highest BCUT2D eigenvalue weighted by atomic mass is 16.5. The molecule has 4 atom stereocenters. The lowest BCUT2D eigenvalue weighted by molar-refractivity contribution is -0.0601. The van der Waals surface area contributed by atoms with E-state index in [0.29, 0.717) is 29.1 Å². The first-order chi connectivity index (χ1) is 13.1. The molecule has 3 saturated heterocycles. The van der Waals surface area contributed by atoms with E-state index < -0.39 is 0 Å². The number of anilines is 1. The summed E-state index contributed by atoms with van der Waals surface area (Å²) in [6.45, 7) is 7.32. The number of pyridine rings is 1. The fraction of sp³-hybridized carbons (Fsp3) is 0.550. The maximum atomic E-state index is 9.26. The largest absolute Gasteiger partial charge is 0.383 e. The third-order valence-corrected chi connectivity index (χ3v) is 7.07. The van der Waals surface area contributed by atoms with Crippen LogP contribution >= 0.6 is 0 Å². The van der Waals surface area contributed by atoms with E-state index in [1.807, 2.05) is 0 Å². The summed E-state index contributed by atoms with van der Waals surface area (Å²) in [6.07, 6.45) is 1.72. The SMILES string of the molecule is CC(C)n1nc(-c2cnc(N)c(C#N)c2)cc1[C@]12C3[C@@H]1[C@@H]2CN3C1COC1. The summed E-state index contributed by atoms with van der Waals surface area (Å²) in [5.74, 6) is 1.83. The monoisotopic (exact) mass is 362 g/mol. The number of hydrogen-bond acceptors (Lipinski definition) is 6. The fourth-order valence-corrected chi connectivity index (χ4v) is 5.59. The van der Waals surface area contributed by atoms with Crippen LogP contribution in [-0.2, 0) is 10.2 Å². The Hall–Kier alpha value is -2.43. The Balaban J connectivity index is 1.39. The summed E-state index contributed by atoms with van der Waals surface area (Å²) in [4.78, 5) is 6.85. The van der Waals surface area contributed by atoms with Crippen molar-refractivity contribution in [2.24, 2.45) is 11.8 Å². The Kier molecular flexibility index (Phi) is 2.83. The summed E-state index contributed by atoms with van der Waals surface area (Å²) >= 11 is 0. The summed E-state index contributed by atoms with van der Waals surface area (Å²) in [5.41, 5.74) is 9.56. The molecule has 7 rings (SSSR count). The molecule has 3 aliphatic heterocycles. The molecule has 5 aliphatic rings. The molecule has 27 heavy (non-hydrogen) atoms. The van der Waals surface area contributed by atoms with Gasteiger partial charge in [-0.25, -0.2) is 4.98 Å². The van der Waals surface area contributed by atoms with Crippen LogP contribution in [-0.4, -0.2) is 51.5 Å². The minimum absolute atomic E-state index is 0.268. The molecule has 0 spiro atoms. The zero-order chi connectivity index (χ0) is 18.5. The van der Waals surface area contributed by atoms with E-state index in [1.165, 1.54) is 12.2 Å². The summed E-state index contributed by atoms with van der Waals surface area (Å²) in [6, 6.07) is 7.70. The van der Waals surface area contributed by atoms with Gasteiger partial charge in [0, 0.05) is 41.5 Å². The van der Waals surface area contributed by atoms with Gasteiger partial charge in [-0.3, -0.25) is 9.58 Å². The first kappa shape index (κ1) is 15.6. The van der Waals surface area contributed by atoms with Gasteiger partial charge in [-0.05, 0) is 37.8 Å². The van der Waals surface area contributed by atoms with Crippen molar-refractivity contribution in [3.05, 3.63) is 29.6 Å². The third kappa shape index (κ3) is 1.78. The highest BCUT2D eigenvalue weighted by molar-refractivity contribution is 5.67. The predicted octanol–water partition coefficient (Wildman–Crippen LogP) is 1.56. The molecule has 2 bridgehead atoms. The Morgan fingerprint density at radius 3 is 2.81 bits per heavy atom. The summed E-state index contributed by atoms with van der Waals surface area (Å²) < 4.78 is 7.60. The number of hydrogen-bond donors (Lipinski definition) is 1. The molecule has 2 aromatic heterocycles. The Morgan fingerprint density at radius 1 is 1.37 bits per heavy atom. The van der Waals surface area contributed by atoms with E-state index in [-0.39, 0.29) is 5.82 Å². The third-order valence-electron chi connectivity index (χ3n) is 7.07. The van der Waals surface area contributed by atoms with Crippen LogP contribution in [0.3, 0.4) is 0 Å². The van der Waals surface area contributed by atoms with Gasteiger partial charge in [0.05, 0.1) is 30.5 Å². The van der Waals surface area contributed by atoms with Crippen molar-refractivity contribution in [1.29, 1.82) is 5.26 Å². The van der Waals surface area contributed by atoms with E-state index in [2.05, 4.69) is 40.5 Å². The normalized spacial score (nSPS) is 33.6. The molecule has 2 aliphatic carbocycles. The number of piperidine rings is 1. The van der Waals surface area contributed by atoms with Crippen LogP contribution in [0.5, 0.6) is 0 Å². The molecular formula is C20H22N6O. The van der Waals surface area contributed by atoms with E-state index >= 15 is 0 Å². The smallest absolute Gasteiger partial charge is 0.141 e.